The summed E-state index contributed by atoms with van der Waals surface area (Å²) in [7, 11) is -3.75. The maximum absolute atomic E-state index is 11.2. The number of thiophene rings is 1. The Balaban J connectivity index is 3.01. The fraction of sp³-hybridized carbons (Fsp3) is 0.200. The highest BCUT2D eigenvalue weighted by atomic mass is 79.9. The molecule has 0 saturated carbocycles. The van der Waals surface area contributed by atoms with Crippen molar-refractivity contribution >= 4 is 37.1 Å². The van der Waals surface area contributed by atoms with E-state index in [9.17, 15) is 18.5 Å². The maximum Gasteiger partial charge on any atom is 0.306 e. The van der Waals surface area contributed by atoms with Gasteiger partial charge in [-0.2, -0.15) is 0 Å². The monoisotopic (exact) mass is 285 g/mol. The van der Waals surface area contributed by atoms with Crippen LogP contribution in [-0.4, -0.2) is 19.2 Å². The largest absolute Gasteiger partial charge is 0.306 e. The molecule has 1 rings (SSSR count). The van der Waals surface area contributed by atoms with Crippen LogP contribution in [0.5, 0.6) is 0 Å². The molecule has 5 nitrogen and oxygen atoms in total. The second-order valence-electron chi connectivity index (χ2n) is 2.14. The Bertz CT molecular complexity index is 423. The minimum Gasteiger partial charge on any atom is -0.263 e. The number of hydrogen-bond acceptors (Lipinski definition) is 5. The van der Waals surface area contributed by atoms with Gasteiger partial charge in [0.2, 0.25) is 0 Å². The zero-order chi connectivity index (χ0) is 10.1. The summed E-state index contributed by atoms with van der Waals surface area (Å²) in [5, 5.41) is 10.0. The molecule has 0 saturated heterocycles. The van der Waals surface area contributed by atoms with E-state index in [2.05, 4.69) is 15.9 Å². The molecular formula is C5H4BrNO4S2. The Hall–Kier alpha value is -0.470. The molecule has 1 heterocycles. The van der Waals surface area contributed by atoms with E-state index < -0.39 is 20.6 Å². The van der Waals surface area contributed by atoms with Crippen LogP contribution in [0.4, 0.5) is 0 Å². The predicted octanol–water partition coefficient (Wildman–Crippen LogP) is 1.52. The number of rotatable bonds is 3. The first-order valence-corrected chi connectivity index (χ1v) is 6.28. The summed E-state index contributed by atoms with van der Waals surface area (Å²) in [4.78, 5) is 9.16. The quantitative estimate of drug-likeness (QED) is 0.623. The van der Waals surface area contributed by atoms with E-state index in [0.29, 0.717) is 3.79 Å². The van der Waals surface area contributed by atoms with E-state index in [-0.39, 0.29) is 4.21 Å². The van der Waals surface area contributed by atoms with Gasteiger partial charge in [0.05, 0.1) is 3.79 Å². The highest BCUT2D eigenvalue weighted by Crippen LogP contribution is 2.26. The molecule has 8 heteroatoms. The minimum atomic E-state index is -3.75. The molecule has 0 aliphatic carbocycles. The summed E-state index contributed by atoms with van der Waals surface area (Å²) in [5.74, 6) is -1.06. The fourth-order valence-electron chi connectivity index (χ4n) is 0.667. The third kappa shape index (κ3) is 2.75. The average molecular weight is 286 g/mol. The molecule has 0 atom stereocenters. The number of halogens is 1. The lowest BCUT2D eigenvalue weighted by atomic mass is 10.7. The van der Waals surface area contributed by atoms with E-state index in [0.717, 1.165) is 11.3 Å². The standard InChI is InChI=1S/C5H4BrNO4S2/c6-4-1-2-5(12-4)13(10,11)3-7(8)9/h1-2H,3H2. The van der Waals surface area contributed by atoms with Crippen LogP contribution in [0.15, 0.2) is 20.1 Å². The third-order valence-electron chi connectivity index (χ3n) is 1.13. The number of hydrogen-bond donors (Lipinski definition) is 0. The zero-order valence-corrected chi connectivity index (χ0v) is 9.36. The first-order valence-electron chi connectivity index (χ1n) is 3.02. The van der Waals surface area contributed by atoms with Crippen molar-refractivity contribution in [2.24, 2.45) is 0 Å². The van der Waals surface area contributed by atoms with Gasteiger partial charge < -0.3 is 0 Å². The van der Waals surface area contributed by atoms with Gasteiger partial charge >= 0.3 is 5.88 Å². The first-order chi connectivity index (χ1) is 5.92. The average Bonchev–Trinajstić information content (AvgIpc) is 2.32. The second kappa shape index (κ2) is 3.72. The van der Waals surface area contributed by atoms with Gasteiger partial charge in [-0.3, -0.25) is 10.1 Å². The van der Waals surface area contributed by atoms with Gasteiger partial charge in [0, 0.05) is 4.92 Å². The molecule has 0 radical (unpaired) electrons. The van der Waals surface area contributed by atoms with Crippen molar-refractivity contribution in [2.45, 2.75) is 4.21 Å². The van der Waals surface area contributed by atoms with Gasteiger partial charge in [-0.05, 0) is 28.1 Å². The molecule has 72 valence electrons. The van der Waals surface area contributed by atoms with Crippen LogP contribution in [0.1, 0.15) is 0 Å². The second-order valence-corrected chi connectivity index (χ2v) is 6.78. The van der Waals surface area contributed by atoms with Crippen molar-refractivity contribution in [2.75, 3.05) is 5.88 Å². The molecule has 0 fully saturated rings. The third-order valence-corrected chi connectivity index (χ3v) is 4.86. The van der Waals surface area contributed by atoms with Crippen molar-refractivity contribution in [1.29, 1.82) is 0 Å². The van der Waals surface area contributed by atoms with Crippen molar-refractivity contribution in [3.05, 3.63) is 26.0 Å². The summed E-state index contributed by atoms with van der Waals surface area (Å²) in [6.07, 6.45) is 0. The highest BCUT2D eigenvalue weighted by Gasteiger charge is 2.22. The topological polar surface area (TPSA) is 77.3 Å². The van der Waals surface area contributed by atoms with Gasteiger partial charge in [-0.15, -0.1) is 11.3 Å². The molecule has 1 aromatic heterocycles. The summed E-state index contributed by atoms with van der Waals surface area (Å²) in [5.41, 5.74) is 0. The molecule has 1 aromatic rings. The van der Waals surface area contributed by atoms with Crippen LogP contribution < -0.4 is 0 Å². The maximum atomic E-state index is 11.2. The summed E-state index contributed by atoms with van der Waals surface area (Å²) >= 11 is 4.04. The fourth-order valence-corrected chi connectivity index (χ4v) is 3.72. The Morgan fingerprint density at radius 3 is 2.54 bits per heavy atom. The van der Waals surface area contributed by atoms with E-state index in [1.165, 1.54) is 12.1 Å². The van der Waals surface area contributed by atoms with Crippen molar-refractivity contribution in [3.63, 3.8) is 0 Å². The Morgan fingerprint density at radius 1 is 1.54 bits per heavy atom. The Labute approximate surface area is 86.6 Å². The highest BCUT2D eigenvalue weighted by molar-refractivity contribution is 9.11. The Morgan fingerprint density at radius 2 is 2.15 bits per heavy atom. The van der Waals surface area contributed by atoms with Crippen molar-refractivity contribution in [1.82, 2.24) is 0 Å². The van der Waals surface area contributed by atoms with Crippen molar-refractivity contribution < 1.29 is 13.3 Å². The summed E-state index contributed by atoms with van der Waals surface area (Å²) in [6, 6.07) is 2.88. The number of nitrogens with zero attached hydrogens (tertiary/aromatic N) is 1. The Kier molecular flexibility index (Phi) is 3.04. The van der Waals surface area contributed by atoms with Gasteiger partial charge in [0.1, 0.15) is 4.21 Å². The molecule has 0 aromatic carbocycles. The molecule has 13 heavy (non-hydrogen) atoms. The lowest BCUT2D eigenvalue weighted by Gasteiger charge is -1.93. The van der Waals surface area contributed by atoms with E-state index in [1.807, 2.05) is 0 Å². The van der Waals surface area contributed by atoms with Crippen LogP contribution in [0.25, 0.3) is 0 Å². The predicted molar refractivity (Wildman–Crippen MR) is 51.1 cm³/mol. The molecule has 0 amide bonds. The molecule has 0 aliphatic heterocycles. The van der Waals surface area contributed by atoms with Gasteiger partial charge in [-0.1, -0.05) is 0 Å². The van der Waals surface area contributed by atoms with Crippen LogP contribution in [0.2, 0.25) is 0 Å². The molecule has 0 bridgehead atoms. The summed E-state index contributed by atoms with van der Waals surface area (Å²) < 4.78 is 23.1. The van der Waals surface area contributed by atoms with E-state index in [4.69, 9.17) is 0 Å². The van der Waals surface area contributed by atoms with E-state index in [1.54, 1.807) is 0 Å². The smallest absolute Gasteiger partial charge is 0.263 e. The first kappa shape index (κ1) is 10.6. The lowest BCUT2D eigenvalue weighted by molar-refractivity contribution is -0.458. The van der Waals surface area contributed by atoms with Gasteiger partial charge in [0.15, 0.2) is 0 Å². The molecule has 0 aliphatic rings. The molecule has 0 spiro atoms. The van der Waals surface area contributed by atoms with Crippen LogP contribution in [0.3, 0.4) is 0 Å². The molecular weight excluding hydrogens is 282 g/mol. The van der Waals surface area contributed by atoms with E-state index >= 15 is 0 Å². The molecule has 0 unspecified atom stereocenters. The van der Waals surface area contributed by atoms with Crippen molar-refractivity contribution in [3.8, 4) is 0 Å². The summed E-state index contributed by atoms with van der Waals surface area (Å²) in [6.45, 7) is 0. The number of nitro groups is 1. The zero-order valence-electron chi connectivity index (χ0n) is 6.14. The van der Waals surface area contributed by atoms with Crippen LogP contribution >= 0.6 is 27.3 Å². The minimum absolute atomic E-state index is 0.0103. The SMILES string of the molecule is O=[N+]([O-])CS(=O)(=O)c1ccc(Br)s1. The normalized spacial score (nSPS) is 11.5. The van der Waals surface area contributed by atoms with Gasteiger partial charge in [-0.25, -0.2) is 8.42 Å². The lowest BCUT2D eigenvalue weighted by Crippen LogP contribution is -2.13. The number of sulfone groups is 1. The van der Waals surface area contributed by atoms with Gasteiger partial charge in [0.25, 0.3) is 9.84 Å². The van der Waals surface area contributed by atoms with Crippen LogP contribution in [0, 0.1) is 10.1 Å². The molecule has 0 N–H and O–H groups in total. The van der Waals surface area contributed by atoms with Crippen LogP contribution in [-0.2, 0) is 9.84 Å².